The van der Waals surface area contributed by atoms with Gasteiger partial charge in [0, 0.05) is 18.5 Å². The average molecular weight is 450 g/mol. The van der Waals surface area contributed by atoms with Gasteiger partial charge >= 0.3 is 6.09 Å². The largest absolute Gasteiger partial charge is 0.444 e. The summed E-state index contributed by atoms with van der Waals surface area (Å²) >= 11 is 5.87. The minimum absolute atomic E-state index is 0.0277. The van der Waals surface area contributed by atoms with Crippen molar-refractivity contribution in [2.45, 2.75) is 82.5 Å². The van der Waals surface area contributed by atoms with Gasteiger partial charge in [0.2, 0.25) is 0 Å². The summed E-state index contributed by atoms with van der Waals surface area (Å²) in [4.78, 5) is 39.9. The highest BCUT2D eigenvalue weighted by Crippen LogP contribution is 2.47. The Bertz CT molecular complexity index is 945. The fraction of sp³-hybridized carbons (Fsp3) is 0.650. The number of nitrogens with zero attached hydrogens (tertiary/aromatic N) is 4. The van der Waals surface area contributed by atoms with E-state index in [1.54, 1.807) is 0 Å². The van der Waals surface area contributed by atoms with Gasteiger partial charge in [-0.2, -0.15) is 0 Å². The first-order valence-corrected chi connectivity index (χ1v) is 10.8. The molecule has 31 heavy (non-hydrogen) atoms. The van der Waals surface area contributed by atoms with Gasteiger partial charge in [-0.15, -0.1) is 0 Å². The molecule has 0 aliphatic carbocycles. The van der Waals surface area contributed by atoms with Crippen LogP contribution in [0.1, 0.15) is 69.8 Å². The number of fused-ring (bicyclic) bond motifs is 2. The quantitative estimate of drug-likeness (QED) is 0.596. The number of nitrogens with two attached hydrogens (primary N) is 2. The predicted molar refractivity (Wildman–Crippen MR) is 117 cm³/mol. The fourth-order valence-corrected chi connectivity index (χ4v) is 5.00. The van der Waals surface area contributed by atoms with E-state index in [0.717, 1.165) is 32.1 Å². The van der Waals surface area contributed by atoms with Gasteiger partial charge in [0.15, 0.2) is 22.5 Å². The highest BCUT2D eigenvalue weighted by atomic mass is 35.5. The van der Waals surface area contributed by atoms with Crippen molar-refractivity contribution in [3.05, 3.63) is 10.8 Å². The number of hydrogen-bond acceptors (Lipinski definition) is 8. The van der Waals surface area contributed by atoms with Gasteiger partial charge in [0.25, 0.3) is 5.91 Å². The van der Waals surface area contributed by atoms with E-state index < -0.39 is 11.5 Å². The van der Waals surface area contributed by atoms with Crippen molar-refractivity contribution in [1.82, 2.24) is 20.2 Å². The predicted octanol–water partition coefficient (Wildman–Crippen LogP) is 2.52. The number of carbonyl (C=O) groups is 2. The number of amides is 2. The second kappa shape index (κ2) is 7.51. The highest BCUT2D eigenvalue weighted by Gasteiger charge is 2.52. The second-order valence-electron chi connectivity index (χ2n) is 9.55. The molecule has 1 aromatic rings. The first kappa shape index (κ1) is 21.6. The lowest BCUT2D eigenvalue weighted by Crippen LogP contribution is -2.53. The van der Waals surface area contributed by atoms with Gasteiger partial charge in [0.1, 0.15) is 11.4 Å². The van der Waals surface area contributed by atoms with Crippen LogP contribution in [0.5, 0.6) is 0 Å². The number of amidine groups is 1. The molecular weight excluding hydrogens is 422 g/mol. The number of aliphatic imine (C=N–C) groups is 1. The van der Waals surface area contributed by atoms with Crippen molar-refractivity contribution in [2.75, 3.05) is 11.5 Å². The van der Waals surface area contributed by atoms with E-state index in [2.05, 4.69) is 15.3 Å². The fourth-order valence-electron chi connectivity index (χ4n) is 4.87. The summed E-state index contributed by atoms with van der Waals surface area (Å²) in [6.45, 7) is 5.62. The zero-order valence-electron chi connectivity index (χ0n) is 17.9. The third kappa shape index (κ3) is 4.26. The minimum Gasteiger partial charge on any atom is -0.444 e. The molecule has 3 aliphatic rings. The van der Waals surface area contributed by atoms with E-state index in [0.29, 0.717) is 12.3 Å². The van der Waals surface area contributed by atoms with Crippen LogP contribution in [0.2, 0.25) is 5.15 Å². The van der Waals surface area contributed by atoms with Gasteiger partial charge in [-0.05, 0) is 52.9 Å². The molecule has 11 heteroatoms. The van der Waals surface area contributed by atoms with Crippen LogP contribution < -0.4 is 16.8 Å². The zero-order chi connectivity index (χ0) is 22.6. The molecule has 0 aromatic carbocycles. The van der Waals surface area contributed by atoms with E-state index in [4.69, 9.17) is 32.8 Å². The Morgan fingerprint density at radius 2 is 1.81 bits per heavy atom. The molecule has 5 N–H and O–H groups in total. The van der Waals surface area contributed by atoms with Crippen LogP contribution in [-0.2, 0) is 4.74 Å². The molecule has 3 aliphatic heterocycles. The summed E-state index contributed by atoms with van der Waals surface area (Å²) < 4.78 is 5.61. The standard InChI is InChI=1S/C20H28ClN7O3/c1-19(2,3)31-18(30)28-10-4-5-11(28)9-20(8-10)7-6-12(27-20)24-17(29)13-15(22)26-16(23)14(21)25-13/h10-11H,4-9H2,1-3H3,(H4,22,23,26)(H,24,27,29). The van der Waals surface area contributed by atoms with Crippen LogP contribution in [0.3, 0.4) is 0 Å². The Morgan fingerprint density at radius 1 is 1.16 bits per heavy atom. The van der Waals surface area contributed by atoms with Crippen molar-refractivity contribution >= 4 is 41.1 Å². The van der Waals surface area contributed by atoms with Gasteiger partial charge < -0.3 is 26.4 Å². The number of halogens is 1. The lowest BCUT2D eigenvalue weighted by molar-refractivity contribution is -0.000267. The van der Waals surface area contributed by atoms with Crippen LogP contribution in [0.4, 0.5) is 16.4 Å². The smallest absolute Gasteiger partial charge is 0.410 e. The topological polar surface area (TPSA) is 149 Å². The van der Waals surface area contributed by atoms with Crippen LogP contribution in [0.15, 0.2) is 4.99 Å². The minimum atomic E-state index is -0.523. The molecule has 2 fully saturated rings. The number of carbonyl (C=O) groups excluding carboxylic acids is 2. The lowest BCUT2D eigenvalue weighted by atomic mass is 9.81. The number of ether oxygens (including phenoxy) is 1. The molecule has 2 bridgehead atoms. The average Bonchev–Trinajstić information content (AvgIpc) is 3.15. The molecular formula is C20H28ClN7O3. The molecule has 1 aromatic heterocycles. The maximum Gasteiger partial charge on any atom is 0.410 e. The van der Waals surface area contributed by atoms with Crippen molar-refractivity contribution in [3.8, 4) is 0 Å². The summed E-state index contributed by atoms with van der Waals surface area (Å²) in [6, 6.07) is 0.203. The molecule has 2 unspecified atom stereocenters. The number of anilines is 2. The Labute approximate surface area is 185 Å². The van der Waals surface area contributed by atoms with Crippen LogP contribution in [0.25, 0.3) is 0 Å². The Morgan fingerprint density at radius 3 is 2.42 bits per heavy atom. The molecule has 2 atom stereocenters. The summed E-state index contributed by atoms with van der Waals surface area (Å²) in [5, 5.41) is 2.72. The van der Waals surface area contributed by atoms with Gasteiger partial charge in [0.05, 0.1) is 5.54 Å². The van der Waals surface area contributed by atoms with E-state index >= 15 is 0 Å². The van der Waals surface area contributed by atoms with Crippen molar-refractivity contribution in [2.24, 2.45) is 4.99 Å². The van der Waals surface area contributed by atoms with Crippen LogP contribution >= 0.6 is 11.6 Å². The Balaban J connectivity index is 1.46. The number of rotatable bonds is 1. The SMILES string of the molecule is CC(C)(C)OC(=O)N1C2CCC1CC1(CCC(NC(=O)c3nc(Cl)c(N)nc3N)=N1)C2. The van der Waals surface area contributed by atoms with E-state index in [1.165, 1.54) is 0 Å². The first-order valence-electron chi connectivity index (χ1n) is 10.5. The lowest BCUT2D eigenvalue weighted by Gasteiger charge is -2.43. The summed E-state index contributed by atoms with van der Waals surface area (Å²) in [5.41, 5.74) is 10.5. The van der Waals surface area contributed by atoms with Crippen molar-refractivity contribution < 1.29 is 14.3 Å². The zero-order valence-corrected chi connectivity index (χ0v) is 18.7. The molecule has 2 amide bonds. The summed E-state index contributed by atoms with van der Waals surface area (Å²) in [7, 11) is 0. The molecule has 4 rings (SSSR count). The molecule has 2 saturated heterocycles. The normalized spacial score (nSPS) is 27.4. The summed E-state index contributed by atoms with van der Waals surface area (Å²) in [6.07, 6.45) is 4.61. The molecule has 168 valence electrons. The van der Waals surface area contributed by atoms with E-state index in [-0.39, 0.29) is 46.2 Å². The molecule has 0 saturated carbocycles. The van der Waals surface area contributed by atoms with E-state index in [1.807, 2.05) is 25.7 Å². The van der Waals surface area contributed by atoms with E-state index in [9.17, 15) is 9.59 Å². The third-order valence-corrected chi connectivity index (χ3v) is 6.31. The third-order valence-electron chi connectivity index (χ3n) is 6.03. The monoisotopic (exact) mass is 449 g/mol. The molecule has 4 heterocycles. The number of nitrogens with one attached hydrogen (secondary N) is 1. The van der Waals surface area contributed by atoms with Crippen LogP contribution in [-0.4, -0.2) is 55.9 Å². The number of piperidine rings is 1. The molecule has 0 radical (unpaired) electrons. The Kier molecular flexibility index (Phi) is 5.23. The number of aromatic nitrogens is 2. The van der Waals surface area contributed by atoms with Gasteiger partial charge in [-0.3, -0.25) is 9.79 Å². The maximum atomic E-state index is 12.7. The van der Waals surface area contributed by atoms with Crippen LogP contribution in [0, 0.1) is 0 Å². The maximum absolute atomic E-state index is 12.7. The molecule has 1 spiro atoms. The molecule has 10 nitrogen and oxygen atoms in total. The van der Waals surface area contributed by atoms with Crippen molar-refractivity contribution in [1.29, 1.82) is 0 Å². The highest BCUT2D eigenvalue weighted by molar-refractivity contribution is 6.31. The number of nitrogen functional groups attached to an aromatic ring is 2. The second-order valence-corrected chi connectivity index (χ2v) is 9.91. The van der Waals surface area contributed by atoms with Crippen molar-refractivity contribution in [3.63, 3.8) is 0 Å². The first-order chi connectivity index (χ1) is 14.5. The summed E-state index contributed by atoms with van der Waals surface area (Å²) in [5.74, 6) is -0.0438. The van der Waals surface area contributed by atoms with Gasteiger partial charge in [-0.1, -0.05) is 11.6 Å². The Hall–Kier alpha value is -2.62. The van der Waals surface area contributed by atoms with Gasteiger partial charge in [-0.25, -0.2) is 14.8 Å². The number of hydrogen-bond donors (Lipinski definition) is 3.